The summed E-state index contributed by atoms with van der Waals surface area (Å²) in [7, 11) is 0. The highest BCUT2D eigenvalue weighted by Crippen LogP contribution is 2.39. The lowest BCUT2D eigenvalue weighted by Crippen LogP contribution is -2.59. The zero-order chi connectivity index (χ0) is 32.1. The molecule has 0 spiro atoms. The normalized spacial score (nSPS) is 21.1. The van der Waals surface area contributed by atoms with E-state index < -0.39 is 18.3 Å². The van der Waals surface area contributed by atoms with Gasteiger partial charge in [0.05, 0.1) is 32.5 Å². The van der Waals surface area contributed by atoms with E-state index in [1.807, 2.05) is 54.6 Å². The molecule has 0 aliphatic carbocycles. The molecule has 0 N–H and O–H groups in total. The van der Waals surface area contributed by atoms with Crippen molar-refractivity contribution < 1.29 is 23.7 Å². The summed E-state index contributed by atoms with van der Waals surface area (Å²) in [5.74, 6) is 0. The van der Waals surface area contributed by atoms with E-state index in [1.165, 1.54) is 10.8 Å². The van der Waals surface area contributed by atoms with Crippen LogP contribution < -0.4 is 0 Å². The summed E-state index contributed by atoms with van der Waals surface area (Å²) in [6.45, 7) is 6.21. The van der Waals surface area contributed by atoms with Crippen LogP contribution in [0.4, 0.5) is 0 Å². The topological polar surface area (TPSA) is 46.2 Å². The van der Waals surface area contributed by atoms with Crippen molar-refractivity contribution in [3.8, 4) is 0 Å². The average Bonchev–Trinajstić information content (AvgIpc) is 3.12. The first-order valence-corrected chi connectivity index (χ1v) is 17.1. The molecule has 0 saturated carbocycles. The quantitative estimate of drug-likeness (QED) is 0.0788. The molecule has 1 aliphatic heterocycles. The Labute approximate surface area is 282 Å². The first-order chi connectivity index (χ1) is 23.3. The van der Waals surface area contributed by atoms with Crippen molar-refractivity contribution in [3.05, 3.63) is 163 Å². The predicted molar refractivity (Wildman–Crippen MR) is 189 cm³/mol. The summed E-state index contributed by atoms with van der Waals surface area (Å²) in [5.41, 5.74) is 2.97. The second-order valence-electron chi connectivity index (χ2n) is 11.6. The molecule has 6 rings (SSSR count). The molecule has 242 valence electrons. The smallest absolute Gasteiger partial charge is 0.136 e. The molecule has 0 bridgehead atoms. The Morgan fingerprint density at radius 2 is 1.21 bits per heavy atom. The highest BCUT2D eigenvalue weighted by molar-refractivity contribution is 7.99. The Balaban J connectivity index is 1.26. The molecule has 5 aromatic rings. The van der Waals surface area contributed by atoms with E-state index in [2.05, 4.69) is 85.4 Å². The molecule has 0 unspecified atom stereocenters. The van der Waals surface area contributed by atoms with Gasteiger partial charge in [-0.1, -0.05) is 133 Å². The molecule has 1 saturated heterocycles. The second kappa shape index (κ2) is 17.4. The van der Waals surface area contributed by atoms with Gasteiger partial charge in [-0.05, 0) is 52.1 Å². The van der Waals surface area contributed by atoms with Gasteiger partial charge in [0.2, 0.25) is 0 Å². The van der Waals surface area contributed by atoms with Crippen molar-refractivity contribution in [1.29, 1.82) is 0 Å². The van der Waals surface area contributed by atoms with E-state index in [9.17, 15) is 0 Å². The molecule has 5 nitrogen and oxygen atoms in total. The SMILES string of the molecule is C=CCO[C@H]1[C@H](OCc2ccccc2)[C@@H](CCOCc2ccccc2)O[C@@H](Sc2ccccc2)[C@H]1OCc1ccc2ccccc2c1. The lowest BCUT2D eigenvalue weighted by Gasteiger charge is -2.46. The molecule has 1 aliphatic rings. The fraction of sp³-hybridized carbons (Fsp3) is 0.268. The zero-order valence-electron chi connectivity index (χ0n) is 26.6. The molecule has 0 amide bonds. The minimum Gasteiger partial charge on any atom is -0.377 e. The van der Waals surface area contributed by atoms with Crippen LogP contribution in [0.1, 0.15) is 23.1 Å². The van der Waals surface area contributed by atoms with Gasteiger partial charge in [0.15, 0.2) is 0 Å². The molecular weight excluding hydrogens is 605 g/mol. The standard InChI is InChI=1S/C41H42O5S/c1-2-25-43-39-38(44-29-32-16-8-4-9-17-32)37(24-26-42-28-31-14-6-3-7-15-31)46-41(47-36-20-10-5-11-21-36)40(39)45-30-33-22-23-34-18-12-13-19-35(34)27-33/h2-23,27,37-41H,1,24-26,28-30H2/t37-,38-,39+,40+,41+/m1/s1. The monoisotopic (exact) mass is 646 g/mol. The molecule has 47 heavy (non-hydrogen) atoms. The van der Waals surface area contributed by atoms with Gasteiger partial charge in [-0.3, -0.25) is 0 Å². The number of hydrogen-bond acceptors (Lipinski definition) is 6. The van der Waals surface area contributed by atoms with Crippen molar-refractivity contribution in [2.45, 2.75) is 61.0 Å². The summed E-state index contributed by atoms with van der Waals surface area (Å²) in [6, 6.07) is 45.6. The van der Waals surface area contributed by atoms with Crippen LogP contribution in [-0.4, -0.2) is 43.1 Å². The Bertz CT molecular complexity index is 1650. The maximum absolute atomic E-state index is 6.95. The minimum absolute atomic E-state index is 0.286. The van der Waals surface area contributed by atoms with Crippen LogP contribution in [0.25, 0.3) is 10.8 Å². The zero-order valence-corrected chi connectivity index (χ0v) is 27.4. The summed E-state index contributed by atoms with van der Waals surface area (Å²) in [5, 5.41) is 2.39. The number of benzene rings is 5. The summed E-state index contributed by atoms with van der Waals surface area (Å²) < 4.78 is 33.2. The molecule has 1 fully saturated rings. The maximum atomic E-state index is 6.95. The van der Waals surface area contributed by atoms with Crippen LogP contribution in [0, 0.1) is 0 Å². The van der Waals surface area contributed by atoms with Gasteiger partial charge in [-0.25, -0.2) is 0 Å². The third kappa shape index (κ3) is 9.42. The molecule has 6 heteroatoms. The Morgan fingerprint density at radius 1 is 0.596 bits per heavy atom. The molecule has 0 radical (unpaired) electrons. The van der Waals surface area contributed by atoms with Crippen molar-refractivity contribution >= 4 is 22.5 Å². The summed E-state index contributed by atoms with van der Waals surface area (Å²) in [4.78, 5) is 1.10. The molecule has 1 heterocycles. The van der Waals surface area contributed by atoms with Crippen molar-refractivity contribution in [1.82, 2.24) is 0 Å². The average molecular weight is 647 g/mol. The fourth-order valence-electron chi connectivity index (χ4n) is 5.84. The van der Waals surface area contributed by atoms with E-state index >= 15 is 0 Å². The van der Waals surface area contributed by atoms with Gasteiger partial charge >= 0.3 is 0 Å². The van der Waals surface area contributed by atoms with Crippen LogP contribution in [0.15, 0.2) is 151 Å². The van der Waals surface area contributed by atoms with Crippen LogP contribution >= 0.6 is 11.8 Å². The first kappa shape index (κ1) is 33.2. The van der Waals surface area contributed by atoms with Gasteiger partial charge in [0, 0.05) is 11.5 Å². The first-order valence-electron chi connectivity index (χ1n) is 16.2. The Kier molecular flexibility index (Phi) is 12.3. The second-order valence-corrected chi connectivity index (χ2v) is 12.8. The molecule has 0 aromatic heterocycles. The molecule has 5 aromatic carbocycles. The van der Waals surface area contributed by atoms with Crippen molar-refractivity contribution in [2.24, 2.45) is 0 Å². The largest absolute Gasteiger partial charge is 0.377 e. The van der Waals surface area contributed by atoms with Crippen molar-refractivity contribution in [3.63, 3.8) is 0 Å². The third-order valence-electron chi connectivity index (χ3n) is 8.19. The fourth-order valence-corrected chi connectivity index (χ4v) is 6.99. The number of rotatable bonds is 16. The highest BCUT2D eigenvalue weighted by atomic mass is 32.2. The lowest BCUT2D eigenvalue weighted by molar-refractivity contribution is -0.244. The van der Waals surface area contributed by atoms with E-state index in [0.29, 0.717) is 39.5 Å². The maximum Gasteiger partial charge on any atom is 0.136 e. The third-order valence-corrected chi connectivity index (χ3v) is 9.35. The summed E-state index contributed by atoms with van der Waals surface area (Å²) in [6.07, 6.45) is 0.904. The molecule has 5 atom stereocenters. The van der Waals surface area contributed by atoms with Crippen LogP contribution in [0.3, 0.4) is 0 Å². The number of ether oxygens (including phenoxy) is 5. The van der Waals surface area contributed by atoms with Crippen LogP contribution in [0.2, 0.25) is 0 Å². The Morgan fingerprint density at radius 3 is 1.94 bits per heavy atom. The predicted octanol–water partition coefficient (Wildman–Crippen LogP) is 9.01. The van der Waals surface area contributed by atoms with Gasteiger partial charge < -0.3 is 23.7 Å². The lowest BCUT2D eigenvalue weighted by atomic mass is 9.96. The number of fused-ring (bicyclic) bond motifs is 1. The summed E-state index contributed by atoms with van der Waals surface area (Å²) >= 11 is 1.65. The van der Waals surface area contributed by atoms with Gasteiger partial charge in [0.25, 0.3) is 0 Å². The van der Waals surface area contributed by atoms with Crippen LogP contribution in [0.5, 0.6) is 0 Å². The van der Waals surface area contributed by atoms with E-state index in [-0.39, 0.29) is 11.5 Å². The van der Waals surface area contributed by atoms with E-state index in [4.69, 9.17) is 23.7 Å². The number of thioether (sulfide) groups is 1. The number of hydrogen-bond donors (Lipinski definition) is 0. The van der Waals surface area contributed by atoms with Crippen molar-refractivity contribution in [2.75, 3.05) is 13.2 Å². The van der Waals surface area contributed by atoms with Gasteiger partial charge in [0.1, 0.15) is 23.7 Å². The minimum atomic E-state index is -0.422. The molecular formula is C41H42O5S. The van der Waals surface area contributed by atoms with E-state index in [1.54, 1.807) is 17.8 Å². The van der Waals surface area contributed by atoms with Crippen LogP contribution in [-0.2, 0) is 43.5 Å². The van der Waals surface area contributed by atoms with Gasteiger partial charge in [-0.2, -0.15) is 0 Å². The van der Waals surface area contributed by atoms with Gasteiger partial charge in [-0.15, -0.1) is 6.58 Å². The Hall–Kier alpha value is -3.75. The van der Waals surface area contributed by atoms with E-state index in [0.717, 1.165) is 21.6 Å². The highest BCUT2D eigenvalue weighted by Gasteiger charge is 2.48.